The Morgan fingerprint density at radius 2 is 1.54 bits per heavy atom. The summed E-state index contributed by atoms with van der Waals surface area (Å²) in [4.78, 5) is 12.6. The Labute approximate surface area is 156 Å². The first-order valence-corrected chi connectivity index (χ1v) is 10.8. The van der Waals surface area contributed by atoms with Crippen molar-refractivity contribution in [3.8, 4) is 0 Å². The van der Waals surface area contributed by atoms with Gasteiger partial charge in [0.05, 0.1) is 10.5 Å². The molecule has 0 fully saturated rings. The molecule has 0 aromatic heterocycles. The van der Waals surface area contributed by atoms with Crippen molar-refractivity contribution in [2.24, 2.45) is 0 Å². The molecule has 0 atom stereocenters. The average Bonchev–Trinajstić information content (AvgIpc) is 3.01. The second kappa shape index (κ2) is 6.99. The van der Waals surface area contributed by atoms with Gasteiger partial charge in [0.2, 0.25) is 0 Å². The van der Waals surface area contributed by atoms with E-state index in [0.717, 1.165) is 18.4 Å². The van der Waals surface area contributed by atoms with Crippen molar-refractivity contribution >= 4 is 15.6 Å². The number of fused-ring (bicyclic) bond motifs is 1. The van der Waals surface area contributed by atoms with Gasteiger partial charge in [0.1, 0.15) is 0 Å². The highest BCUT2D eigenvalue weighted by Gasteiger charge is 2.28. The summed E-state index contributed by atoms with van der Waals surface area (Å²) >= 11 is 0. The fourth-order valence-electron chi connectivity index (χ4n) is 3.25. The molecule has 0 unspecified atom stereocenters. The van der Waals surface area contributed by atoms with Crippen molar-refractivity contribution in [2.75, 3.05) is 0 Å². The van der Waals surface area contributed by atoms with Crippen molar-refractivity contribution in [2.45, 2.75) is 57.0 Å². The van der Waals surface area contributed by atoms with Crippen LogP contribution in [0.25, 0.3) is 0 Å². The number of ketones is 1. The lowest BCUT2D eigenvalue weighted by Gasteiger charge is -2.19. The lowest BCUT2D eigenvalue weighted by Crippen LogP contribution is -2.29. The molecule has 0 bridgehead atoms. The molecule has 1 aliphatic carbocycles. The molecule has 2 aromatic rings. The zero-order valence-corrected chi connectivity index (χ0v) is 16.5. The highest BCUT2D eigenvalue weighted by atomic mass is 32.2. The number of sulfone groups is 1. The molecule has 2 aromatic carbocycles. The molecule has 3 rings (SSSR count). The minimum absolute atomic E-state index is 0.00417. The number of hydrogen-bond donors (Lipinski definition) is 0. The average molecular weight is 371 g/mol. The summed E-state index contributed by atoms with van der Waals surface area (Å²) in [7, 11) is -3.22. The van der Waals surface area contributed by atoms with Gasteiger partial charge in [0.15, 0.2) is 15.6 Å². The molecular formula is C22H26O3S. The Balaban J connectivity index is 1.69. The maximum Gasteiger partial charge on any atom is 0.167 e. The standard InChI is InChI=1S/C22H26O3S/c1-22(2,3)26(24,25)15-16-7-11-19(12-8-16)21(23)14-17-9-10-18-5-4-6-20(18)13-17/h7-13H,4-6,14-15H2,1-3H3. The fraction of sp³-hybridized carbons (Fsp3) is 0.409. The van der Waals surface area contributed by atoms with Crippen molar-refractivity contribution in [1.29, 1.82) is 0 Å². The SMILES string of the molecule is CC(C)(C)S(=O)(=O)Cc1ccc(C(=O)Cc2ccc3c(c2)CCC3)cc1. The maximum absolute atomic E-state index is 12.6. The van der Waals surface area contributed by atoms with Crippen LogP contribution < -0.4 is 0 Å². The fourth-order valence-corrected chi connectivity index (χ4v) is 4.31. The van der Waals surface area contributed by atoms with E-state index in [-0.39, 0.29) is 11.5 Å². The van der Waals surface area contributed by atoms with E-state index in [1.165, 1.54) is 17.5 Å². The van der Waals surface area contributed by atoms with E-state index in [0.29, 0.717) is 17.5 Å². The van der Waals surface area contributed by atoms with E-state index in [1.54, 1.807) is 45.0 Å². The number of carbonyl (C=O) groups excluding carboxylic acids is 1. The summed E-state index contributed by atoms with van der Waals surface area (Å²) in [6, 6.07) is 13.3. The molecule has 0 saturated carbocycles. The van der Waals surface area contributed by atoms with Crippen LogP contribution in [0.2, 0.25) is 0 Å². The van der Waals surface area contributed by atoms with Crippen LogP contribution in [0.4, 0.5) is 0 Å². The molecule has 0 heterocycles. The van der Waals surface area contributed by atoms with Crippen LogP contribution in [0.3, 0.4) is 0 Å². The van der Waals surface area contributed by atoms with E-state index in [9.17, 15) is 13.2 Å². The van der Waals surface area contributed by atoms with Crippen LogP contribution in [0.5, 0.6) is 0 Å². The molecule has 0 saturated heterocycles. The van der Waals surface area contributed by atoms with Crippen molar-refractivity contribution in [3.63, 3.8) is 0 Å². The van der Waals surface area contributed by atoms with Crippen molar-refractivity contribution in [1.82, 2.24) is 0 Å². The molecule has 0 spiro atoms. The zero-order valence-electron chi connectivity index (χ0n) is 15.7. The van der Waals surface area contributed by atoms with Gasteiger partial charge in [-0.1, -0.05) is 42.5 Å². The molecule has 0 aliphatic heterocycles. The Kier molecular flexibility index (Phi) is 5.07. The summed E-state index contributed by atoms with van der Waals surface area (Å²) in [5, 5.41) is 0. The Hall–Kier alpha value is -1.94. The smallest absolute Gasteiger partial charge is 0.167 e. The molecule has 4 heteroatoms. The summed E-state index contributed by atoms with van der Waals surface area (Å²) in [5.74, 6) is 0.0590. The van der Waals surface area contributed by atoms with Crippen LogP contribution in [0, 0.1) is 0 Å². The van der Waals surface area contributed by atoms with Gasteiger partial charge in [-0.25, -0.2) is 8.42 Å². The van der Waals surface area contributed by atoms with Crippen LogP contribution in [0.1, 0.15) is 59.8 Å². The molecular weight excluding hydrogens is 344 g/mol. The maximum atomic E-state index is 12.6. The van der Waals surface area contributed by atoms with Gasteiger partial charge in [0, 0.05) is 12.0 Å². The van der Waals surface area contributed by atoms with Crippen LogP contribution >= 0.6 is 0 Å². The molecule has 26 heavy (non-hydrogen) atoms. The predicted octanol–water partition coefficient (Wildman–Crippen LogP) is 4.31. The van der Waals surface area contributed by atoms with Gasteiger partial charge in [-0.2, -0.15) is 0 Å². The second-order valence-electron chi connectivity index (χ2n) is 8.12. The van der Waals surface area contributed by atoms with Gasteiger partial charge >= 0.3 is 0 Å². The summed E-state index contributed by atoms with van der Waals surface area (Å²) in [6.07, 6.45) is 3.83. The highest BCUT2D eigenvalue weighted by molar-refractivity contribution is 7.91. The van der Waals surface area contributed by atoms with Crippen molar-refractivity contribution in [3.05, 3.63) is 70.3 Å². The topological polar surface area (TPSA) is 51.2 Å². The Bertz CT molecular complexity index is 917. The lowest BCUT2D eigenvalue weighted by atomic mass is 9.99. The Morgan fingerprint density at radius 3 is 2.19 bits per heavy atom. The first-order valence-electron chi connectivity index (χ1n) is 9.11. The van der Waals surface area contributed by atoms with Gasteiger partial charge in [0.25, 0.3) is 0 Å². The summed E-state index contributed by atoms with van der Waals surface area (Å²) < 4.78 is 23.8. The monoisotopic (exact) mass is 370 g/mol. The number of Topliss-reactive ketones (excluding diaryl/α,β-unsaturated/α-hetero) is 1. The second-order valence-corrected chi connectivity index (χ2v) is 10.9. The van der Waals surface area contributed by atoms with E-state index >= 15 is 0 Å². The summed E-state index contributed by atoms with van der Waals surface area (Å²) in [6.45, 7) is 5.12. The number of hydrogen-bond acceptors (Lipinski definition) is 3. The lowest BCUT2D eigenvalue weighted by molar-refractivity contribution is 0.0993. The largest absolute Gasteiger partial charge is 0.294 e. The van der Waals surface area contributed by atoms with Crippen LogP contribution in [0.15, 0.2) is 42.5 Å². The number of benzene rings is 2. The minimum atomic E-state index is -3.22. The number of rotatable bonds is 5. The third-order valence-corrected chi connectivity index (χ3v) is 7.67. The minimum Gasteiger partial charge on any atom is -0.294 e. The van der Waals surface area contributed by atoms with Gasteiger partial charge in [-0.05, 0) is 62.3 Å². The van der Waals surface area contributed by atoms with Crippen LogP contribution in [-0.2, 0) is 34.9 Å². The van der Waals surface area contributed by atoms with Crippen molar-refractivity contribution < 1.29 is 13.2 Å². The number of carbonyl (C=O) groups is 1. The molecule has 0 radical (unpaired) electrons. The first kappa shape index (κ1) is 18.8. The Morgan fingerprint density at radius 1 is 0.923 bits per heavy atom. The third kappa shape index (κ3) is 4.07. The first-order chi connectivity index (χ1) is 12.2. The molecule has 0 amide bonds. The van der Waals surface area contributed by atoms with E-state index in [4.69, 9.17) is 0 Å². The zero-order chi connectivity index (χ0) is 18.9. The van der Waals surface area contributed by atoms with E-state index in [1.807, 2.05) is 6.07 Å². The normalized spacial score (nSPS) is 14.3. The third-order valence-electron chi connectivity index (χ3n) is 5.09. The molecule has 1 aliphatic rings. The molecule has 3 nitrogen and oxygen atoms in total. The molecule has 0 N–H and O–H groups in total. The summed E-state index contributed by atoms with van der Waals surface area (Å²) in [5.41, 5.74) is 5.18. The molecule has 138 valence electrons. The highest BCUT2D eigenvalue weighted by Crippen LogP contribution is 2.24. The van der Waals surface area contributed by atoms with Gasteiger partial charge in [-0.3, -0.25) is 4.79 Å². The quantitative estimate of drug-likeness (QED) is 0.737. The van der Waals surface area contributed by atoms with Gasteiger partial charge < -0.3 is 0 Å². The van der Waals surface area contributed by atoms with Crippen LogP contribution in [-0.4, -0.2) is 18.9 Å². The van der Waals surface area contributed by atoms with E-state index in [2.05, 4.69) is 12.1 Å². The number of aryl methyl sites for hydroxylation is 2. The van der Waals surface area contributed by atoms with E-state index < -0.39 is 14.6 Å². The van der Waals surface area contributed by atoms with Gasteiger partial charge in [-0.15, -0.1) is 0 Å². The predicted molar refractivity (Wildman–Crippen MR) is 105 cm³/mol.